The van der Waals surface area contributed by atoms with Crippen LogP contribution in [0.5, 0.6) is 0 Å². The van der Waals surface area contributed by atoms with Crippen LogP contribution in [-0.2, 0) is 0 Å². The first-order chi connectivity index (χ1) is 7.58. The topological polar surface area (TPSA) is 0 Å². The van der Waals surface area contributed by atoms with E-state index in [0.29, 0.717) is 0 Å². The minimum absolute atomic E-state index is 0.537. The third-order valence-corrected chi connectivity index (χ3v) is 1.57. The molecular formula is C12H8F4. The molecule has 0 aliphatic rings. The van der Waals surface area contributed by atoms with Gasteiger partial charge in [0.1, 0.15) is 23.3 Å². The maximum atomic E-state index is 11.9. The zero-order valence-electron chi connectivity index (χ0n) is 8.13. The molecule has 0 fully saturated rings. The third kappa shape index (κ3) is 4.59. The summed E-state index contributed by atoms with van der Waals surface area (Å²) in [5.74, 6) is -2.15. The standard InChI is InChI=1S/2C6H4F2/c2*7-5-2-1-3-6(8)4-5/h2*1-4H. The Balaban J connectivity index is 0.000000160. The van der Waals surface area contributed by atoms with Gasteiger partial charge in [0.2, 0.25) is 0 Å². The summed E-state index contributed by atoms with van der Waals surface area (Å²) in [4.78, 5) is 0. The van der Waals surface area contributed by atoms with Gasteiger partial charge in [0, 0.05) is 12.1 Å². The molecule has 0 unspecified atom stereocenters. The first-order valence-corrected chi connectivity index (χ1v) is 4.40. The number of rotatable bonds is 0. The Bertz CT molecular complexity index is 376. The van der Waals surface area contributed by atoms with Gasteiger partial charge in [0.25, 0.3) is 0 Å². The zero-order chi connectivity index (χ0) is 12.0. The van der Waals surface area contributed by atoms with E-state index in [0.717, 1.165) is 12.1 Å². The summed E-state index contributed by atoms with van der Waals surface area (Å²) in [6.45, 7) is 0. The molecule has 0 spiro atoms. The third-order valence-electron chi connectivity index (χ3n) is 1.57. The lowest BCUT2D eigenvalue weighted by molar-refractivity contribution is 0.582. The molecule has 0 saturated carbocycles. The van der Waals surface area contributed by atoms with Crippen molar-refractivity contribution in [2.45, 2.75) is 0 Å². The highest BCUT2D eigenvalue weighted by molar-refractivity contribution is 5.05. The van der Waals surface area contributed by atoms with Crippen molar-refractivity contribution >= 4 is 0 Å². The van der Waals surface area contributed by atoms with Crippen molar-refractivity contribution in [3.63, 3.8) is 0 Å². The monoisotopic (exact) mass is 228 g/mol. The van der Waals surface area contributed by atoms with Gasteiger partial charge >= 0.3 is 0 Å². The summed E-state index contributed by atoms with van der Waals surface area (Å²) in [6.07, 6.45) is 0. The minimum atomic E-state index is -0.537. The van der Waals surface area contributed by atoms with E-state index in [1.165, 1.54) is 36.4 Å². The van der Waals surface area contributed by atoms with Gasteiger partial charge in [0.15, 0.2) is 0 Å². The Hall–Kier alpha value is -1.84. The van der Waals surface area contributed by atoms with Crippen molar-refractivity contribution in [2.24, 2.45) is 0 Å². The van der Waals surface area contributed by atoms with E-state index in [1.54, 1.807) is 0 Å². The van der Waals surface area contributed by atoms with E-state index in [4.69, 9.17) is 0 Å². The SMILES string of the molecule is Fc1cccc(F)c1.Fc1cccc(F)c1. The fourth-order valence-electron chi connectivity index (χ4n) is 0.920. The molecule has 2 aromatic carbocycles. The molecule has 2 aromatic rings. The highest BCUT2D eigenvalue weighted by atomic mass is 19.1. The van der Waals surface area contributed by atoms with Gasteiger partial charge in [-0.05, 0) is 24.3 Å². The molecule has 84 valence electrons. The van der Waals surface area contributed by atoms with Crippen LogP contribution in [0.4, 0.5) is 17.6 Å². The highest BCUT2D eigenvalue weighted by Gasteiger charge is 1.89. The number of hydrogen-bond acceptors (Lipinski definition) is 0. The van der Waals surface area contributed by atoms with Crippen molar-refractivity contribution in [3.8, 4) is 0 Å². The number of halogens is 4. The lowest BCUT2D eigenvalue weighted by atomic mass is 10.3. The predicted octanol–water partition coefficient (Wildman–Crippen LogP) is 3.93. The van der Waals surface area contributed by atoms with E-state index < -0.39 is 23.3 Å². The Labute approximate surface area is 90.2 Å². The lowest BCUT2D eigenvalue weighted by Gasteiger charge is -1.84. The van der Waals surface area contributed by atoms with Crippen molar-refractivity contribution in [1.82, 2.24) is 0 Å². The second-order valence-electron chi connectivity index (χ2n) is 2.88. The van der Waals surface area contributed by atoms with Gasteiger partial charge < -0.3 is 0 Å². The maximum Gasteiger partial charge on any atom is 0.126 e. The predicted molar refractivity (Wildman–Crippen MR) is 52.7 cm³/mol. The van der Waals surface area contributed by atoms with Crippen LogP contribution in [0.3, 0.4) is 0 Å². The minimum Gasteiger partial charge on any atom is -0.207 e. The maximum absolute atomic E-state index is 11.9. The summed E-state index contributed by atoms with van der Waals surface area (Å²) in [5.41, 5.74) is 0. The number of hydrogen-bond donors (Lipinski definition) is 0. The van der Waals surface area contributed by atoms with Crippen molar-refractivity contribution < 1.29 is 17.6 Å². The van der Waals surface area contributed by atoms with Crippen LogP contribution in [-0.4, -0.2) is 0 Å². The van der Waals surface area contributed by atoms with E-state index in [2.05, 4.69) is 0 Å². The van der Waals surface area contributed by atoms with E-state index in [1.807, 2.05) is 0 Å². The van der Waals surface area contributed by atoms with Crippen LogP contribution >= 0.6 is 0 Å². The molecule has 0 bridgehead atoms. The normalized spacial score (nSPS) is 9.25. The average Bonchev–Trinajstić information content (AvgIpc) is 2.17. The largest absolute Gasteiger partial charge is 0.207 e. The number of benzene rings is 2. The Morgan fingerprint density at radius 2 is 0.750 bits per heavy atom. The fourth-order valence-corrected chi connectivity index (χ4v) is 0.920. The van der Waals surface area contributed by atoms with E-state index >= 15 is 0 Å². The van der Waals surface area contributed by atoms with Gasteiger partial charge in [-0.3, -0.25) is 0 Å². The molecule has 0 amide bonds. The quantitative estimate of drug-likeness (QED) is 0.599. The summed E-state index contributed by atoms with van der Waals surface area (Å²) < 4.78 is 47.7. The molecule has 0 radical (unpaired) electrons. The smallest absolute Gasteiger partial charge is 0.126 e. The van der Waals surface area contributed by atoms with E-state index in [9.17, 15) is 17.6 Å². The highest BCUT2D eigenvalue weighted by Crippen LogP contribution is 1.99. The summed E-state index contributed by atoms with van der Waals surface area (Å²) in [7, 11) is 0. The van der Waals surface area contributed by atoms with Crippen LogP contribution in [0, 0.1) is 23.3 Å². The van der Waals surface area contributed by atoms with Gasteiger partial charge in [-0.1, -0.05) is 12.1 Å². The first-order valence-electron chi connectivity index (χ1n) is 4.40. The van der Waals surface area contributed by atoms with Crippen LogP contribution in [0.15, 0.2) is 48.5 Å². The van der Waals surface area contributed by atoms with E-state index in [-0.39, 0.29) is 0 Å². The van der Waals surface area contributed by atoms with Crippen LogP contribution < -0.4 is 0 Å². The van der Waals surface area contributed by atoms with Gasteiger partial charge in [-0.25, -0.2) is 17.6 Å². The Morgan fingerprint density at radius 1 is 0.500 bits per heavy atom. The van der Waals surface area contributed by atoms with Crippen molar-refractivity contribution in [3.05, 3.63) is 71.8 Å². The molecule has 4 heteroatoms. The van der Waals surface area contributed by atoms with Crippen LogP contribution in [0.1, 0.15) is 0 Å². The van der Waals surface area contributed by atoms with Crippen LogP contribution in [0.25, 0.3) is 0 Å². The summed E-state index contributed by atoms with van der Waals surface area (Å²) in [6, 6.07) is 9.10. The molecule has 0 saturated heterocycles. The Kier molecular flexibility index (Phi) is 4.51. The molecule has 0 aliphatic heterocycles. The Morgan fingerprint density at radius 3 is 0.875 bits per heavy atom. The van der Waals surface area contributed by atoms with Gasteiger partial charge in [-0.2, -0.15) is 0 Å². The lowest BCUT2D eigenvalue weighted by Crippen LogP contribution is -1.73. The zero-order valence-corrected chi connectivity index (χ0v) is 8.13. The van der Waals surface area contributed by atoms with Crippen LogP contribution in [0.2, 0.25) is 0 Å². The van der Waals surface area contributed by atoms with Crippen molar-refractivity contribution in [2.75, 3.05) is 0 Å². The molecule has 2 rings (SSSR count). The molecule has 16 heavy (non-hydrogen) atoms. The summed E-state index contributed by atoms with van der Waals surface area (Å²) >= 11 is 0. The molecule has 0 aromatic heterocycles. The van der Waals surface area contributed by atoms with Crippen molar-refractivity contribution in [1.29, 1.82) is 0 Å². The molecule has 0 atom stereocenters. The average molecular weight is 228 g/mol. The molecule has 0 nitrogen and oxygen atoms in total. The van der Waals surface area contributed by atoms with Gasteiger partial charge in [0.05, 0.1) is 0 Å². The fraction of sp³-hybridized carbons (Fsp3) is 0. The van der Waals surface area contributed by atoms with Gasteiger partial charge in [-0.15, -0.1) is 0 Å². The first kappa shape index (κ1) is 12.2. The molecule has 0 aliphatic carbocycles. The second-order valence-corrected chi connectivity index (χ2v) is 2.88. The molecule has 0 N–H and O–H groups in total. The molecular weight excluding hydrogens is 220 g/mol. The second kappa shape index (κ2) is 5.90. The summed E-state index contributed by atoms with van der Waals surface area (Å²) in [5, 5.41) is 0. The molecule has 0 heterocycles.